The monoisotopic (exact) mass is 280 g/mol. The molecule has 0 aromatic heterocycles. The molecule has 0 saturated carbocycles. The van der Waals surface area contributed by atoms with Crippen molar-refractivity contribution in [3.63, 3.8) is 0 Å². The summed E-state index contributed by atoms with van der Waals surface area (Å²) in [5.41, 5.74) is 1.11. The third-order valence-electron chi connectivity index (χ3n) is 2.70. The van der Waals surface area contributed by atoms with E-state index in [0.717, 1.165) is 17.7 Å². The minimum absolute atomic E-state index is 0.169. The maximum Gasteiger partial charge on any atom is 0.314 e. The molecule has 0 spiro atoms. The molecule has 0 atom stereocenters. The number of hydrogen-bond donors (Lipinski definition) is 2. The summed E-state index contributed by atoms with van der Waals surface area (Å²) in [6.07, 6.45) is 0.900. The van der Waals surface area contributed by atoms with E-state index in [-0.39, 0.29) is 25.0 Å². The Labute approximate surface area is 118 Å². The van der Waals surface area contributed by atoms with Crippen molar-refractivity contribution in [1.29, 1.82) is 0 Å². The maximum atomic E-state index is 11.4. The number of rotatable bonds is 7. The highest BCUT2D eigenvalue weighted by atomic mass is 16.5. The van der Waals surface area contributed by atoms with E-state index in [1.807, 2.05) is 24.3 Å². The van der Waals surface area contributed by atoms with Gasteiger partial charge in [0.05, 0.1) is 20.6 Å². The van der Waals surface area contributed by atoms with Crippen molar-refractivity contribution < 1.29 is 19.1 Å². The van der Waals surface area contributed by atoms with Crippen LogP contribution in [0.25, 0.3) is 0 Å². The lowest BCUT2D eigenvalue weighted by Gasteiger charge is -2.07. The van der Waals surface area contributed by atoms with Crippen molar-refractivity contribution in [1.82, 2.24) is 10.6 Å². The molecule has 1 rings (SSSR count). The Kier molecular flexibility index (Phi) is 6.95. The van der Waals surface area contributed by atoms with Gasteiger partial charge in [-0.2, -0.15) is 0 Å². The number of hydrogen-bond acceptors (Lipinski definition) is 4. The molecule has 0 radical (unpaired) electrons. The second-order valence-corrected chi connectivity index (χ2v) is 4.11. The number of esters is 1. The molecule has 6 heteroatoms. The highest BCUT2D eigenvalue weighted by Crippen LogP contribution is 2.11. The van der Waals surface area contributed by atoms with Gasteiger partial charge < -0.3 is 20.1 Å². The lowest BCUT2D eigenvalue weighted by atomic mass is 10.1. The summed E-state index contributed by atoms with van der Waals surface area (Å²) in [6, 6.07) is 7.38. The summed E-state index contributed by atoms with van der Waals surface area (Å²) >= 11 is 0. The average Bonchev–Trinajstić information content (AvgIpc) is 2.47. The molecule has 0 aliphatic carbocycles. The Bertz CT molecular complexity index is 431. The van der Waals surface area contributed by atoms with E-state index in [1.165, 1.54) is 7.11 Å². The standard InChI is InChI=1S/C14H20N2O4/c1-19-12-5-3-11(4-6-12)7-9-15-14(18)16-10-8-13(17)20-2/h3-6H,7-10H2,1-2H3,(H2,15,16,18). The third kappa shape index (κ3) is 6.08. The molecule has 2 N–H and O–H groups in total. The number of ether oxygens (including phenoxy) is 2. The molecule has 1 aromatic rings. The van der Waals surface area contributed by atoms with Crippen LogP contribution >= 0.6 is 0 Å². The fourth-order valence-electron chi connectivity index (χ4n) is 1.56. The van der Waals surface area contributed by atoms with E-state index in [4.69, 9.17) is 4.74 Å². The Morgan fingerprint density at radius 1 is 1.05 bits per heavy atom. The van der Waals surface area contributed by atoms with Crippen LogP contribution in [0.5, 0.6) is 5.75 Å². The molecule has 0 aliphatic rings. The van der Waals surface area contributed by atoms with Gasteiger partial charge in [-0.15, -0.1) is 0 Å². The zero-order valence-electron chi connectivity index (χ0n) is 11.8. The van der Waals surface area contributed by atoms with Crippen LogP contribution in [0.3, 0.4) is 0 Å². The molecule has 0 unspecified atom stereocenters. The van der Waals surface area contributed by atoms with Gasteiger partial charge in [-0.05, 0) is 24.1 Å². The molecule has 0 heterocycles. The van der Waals surface area contributed by atoms with Crippen LogP contribution in [0.1, 0.15) is 12.0 Å². The molecular weight excluding hydrogens is 260 g/mol. The summed E-state index contributed by atoms with van der Waals surface area (Å²) in [4.78, 5) is 22.2. The first-order valence-electron chi connectivity index (χ1n) is 6.37. The number of urea groups is 1. The van der Waals surface area contributed by atoms with Crippen LogP contribution in [0.4, 0.5) is 4.79 Å². The molecule has 0 bridgehead atoms. The van der Waals surface area contributed by atoms with E-state index in [2.05, 4.69) is 15.4 Å². The van der Waals surface area contributed by atoms with Gasteiger partial charge in [0.25, 0.3) is 0 Å². The van der Waals surface area contributed by atoms with Crippen LogP contribution in [0.2, 0.25) is 0 Å². The molecule has 1 aromatic carbocycles. The minimum atomic E-state index is -0.344. The number of amides is 2. The second kappa shape index (κ2) is 8.79. The first-order valence-corrected chi connectivity index (χ1v) is 6.37. The van der Waals surface area contributed by atoms with E-state index in [0.29, 0.717) is 6.54 Å². The summed E-state index contributed by atoms with van der Waals surface area (Å²) in [6.45, 7) is 0.789. The van der Waals surface area contributed by atoms with Gasteiger partial charge in [0, 0.05) is 13.1 Å². The van der Waals surface area contributed by atoms with Crippen LogP contribution in [0, 0.1) is 0 Å². The smallest absolute Gasteiger partial charge is 0.314 e. The van der Waals surface area contributed by atoms with Gasteiger partial charge in [-0.1, -0.05) is 12.1 Å². The fourth-order valence-corrected chi connectivity index (χ4v) is 1.56. The van der Waals surface area contributed by atoms with E-state index >= 15 is 0 Å². The lowest BCUT2D eigenvalue weighted by Crippen LogP contribution is -2.37. The first-order chi connectivity index (χ1) is 9.65. The number of carbonyl (C=O) groups excluding carboxylic acids is 2. The Hall–Kier alpha value is -2.24. The van der Waals surface area contributed by atoms with Crippen molar-refractivity contribution in [3.05, 3.63) is 29.8 Å². The highest BCUT2D eigenvalue weighted by molar-refractivity contribution is 5.75. The van der Waals surface area contributed by atoms with E-state index in [1.54, 1.807) is 7.11 Å². The molecule has 6 nitrogen and oxygen atoms in total. The van der Waals surface area contributed by atoms with Crippen molar-refractivity contribution in [2.24, 2.45) is 0 Å². The van der Waals surface area contributed by atoms with Crippen molar-refractivity contribution in [3.8, 4) is 5.75 Å². The van der Waals surface area contributed by atoms with Gasteiger partial charge in [-0.3, -0.25) is 4.79 Å². The fraction of sp³-hybridized carbons (Fsp3) is 0.429. The number of nitrogens with one attached hydrogen (secondary N) is 2. The maximum absolute atomic E-state index is 11.4. The minimum Gasteiger partial charge on any atom is -0.497 e. The average molecular weight is 280 g/mol. The summed E-state index contributed by atoms with van der Waals surface area (Å²) in [5, 5.41) is 5.30. The van der Waals surface area contributed by atoms with Crippen molar-refractivity contribution >= 4 is 12.0 Å². The topological polar surface area (TPSA) is 76.7 Å². The quantitative estimate of drug-likeness (QED) is 0.733. The van der Waals surface area contributed by atoms with Crippen LogP contribution in [-0.2, 0) is 16.0 Å². The highest BCUT2D eigenvalue weighted by Gasteiger charge is 2.03. The molecule has 0 saturated heterocycles. The van der Waals surface area contributed by atoms with Gasteiger partial charge in [-0.25, -0.2) is 4.79 Å². The van der Waals surface area contributed by atoms with Gasteiger partial charge in [0.15, 0.2) is 0 Å². The third-order valence-corrected chi connectivity index (χ3v) is 2.70. The zero-order chi connectivity index (χ0) is 14.8. The van der Waals surface area contributed by atoms with Gasteiger partial charge in [0.2, 0.25) is 0 Å². The van der Waals surface area contributed by atoms with Gasteiger partial charge >= 0.3 is 12.0 Å². The normalized spacial score (nSPS) is 9.70. The Balaban J connectivity index is 2.16. The predicted molar refractivity (Wildman–Crippen MR) is 74.7 cm³/mol. The van der Waals surface area contributed by atoms with Crippen molar-refractivity contribution in [2.75, 3.05) is 27.3 Å². The second-order valence-electron chi connectivity index (χ2n) is 4.11. The Morgan fingerprint density at radius 2 is 1.70 bits per heavy atom. The molecule has 110 valence electrons. The van der Waals surface area contributed by atoms with E-state index in [9.17, 15) is 9.59 Å². The summed E-state index contributed by atoms with van der Waals surface area (Å²) < 4.78 is 9.54. The number of carbonyl (C=O) groups is 2. The molecular formula is C14H20N2O4. The molecule has 0 fully saturated rings. The summed E-state index contributed by atoms with van der Waals surface area (Å²) in [5.74, 6) is 0.464. The van der Waals surface area contributed by atoms with Crippen LogP contribution in [0.15, 0.2) is 24.3 Å². The molecule has 20 heavy (non-hydrogen) atoms. The lowest BCUT2D eigenvalue weighted by molar-refractivity contribution is -0.140. The number of methoxy groups -OCH3 is 2. The van der Waals surface area contributed by atoms with E-state index < -0.39 is 0 Å². The number of benzene rings is 1. The molecule has 2 amide bonds. The first kappa shape index (κ1) is 15.8. The largest absolute Gasteiger partial charge is 0.497 e. The molecule has 0 aliphatic heterocycles. The van der Waals surface area contributed by atoms with Crippen LogP contribution in [-0.4, -0.2) is 39.3 Å². The summed E-state index contributed by atoms with van der Waals surface area (Å²) in [7, 11) is 2.94. The van der Waals surface area contributed by atoms with Gasteiger partial charge in [0.1, 0.15) is 5.75 Å². The predicted octanol–water partition coefficient (Wildman–Crippen LogP) is 1.10. The van der Waals surface area contributed by atoms with Crippen LogP contribution < -0.4 is 15.4 Å². The zero-order valence-corrected chi connectivity index (χ0v) is 11.8. The Morgan fingerprint density at radius 3 is 2.30 bits per heavy atom. The SMILES string of the molecule is COC(=O)CCNC(=O)NCCc1ccc(OC)cc1. The van der Waals surface area contributed by atoms with Crippen molar-refractivity contribution in [2.45, 2.75) is 12.8 Å².